The largest absolute Gasteiger partial charge is 0.0985 e. The molecule has 1 atom stereocenters. The molecule has 0 heteroatoms. The fourth-order valence-corrected chi connectivity index (χ4v) is 4.20. The molecular formula is C25H26. The highest BCUT2D eigenvalue weighted by molar-refractivity contribution is 5.84. The fourth-order valence-electron chi connectivity index (χ4n) is 4.20. The van der Waals surface area contributed by atoms with Crippen molar-refractivity contribution in [2.45, 2.75) is 44.9 Å². The molecule has 0 fully saturated rings. The van der Waals surface area contributed by atoms with E-state index in [4.69, 9.17) is 0 Å². The van der Waals surface area contributed by atoms with Gasteiger partial charge in [-0.15, -0.1) is 0 Å². The van der Waals surface area contributed by atoms with Crippen LogP contribution in [0.25, 0.3) is 16.8 Å². The van der Waals surface area contributed by atoms with Crippen LogP contribution in [0.5, 0.6) is 0 Å². The highest BCUT2D eigenvalue weighted by atomic mass is 14.2. The first kappa shape index (κ1) is 16.1. The lowest BCUT2D eigenvalue weighted by Crippen LogP contribution is -2.12. The van der Waals surface area contributed by atoms with Crippen molar-refractivity contribution in [3.8, 4) is 0 Å². The van der Waals surface area contributed by atoms with E-state index in [1.165, 1.54) is 64.3 Å². The van der Waals surface area contributed by atoms with Crippen LogP contribution in [0.4, 0.5) is 0 Å². The Morgan fingerprint density at radius 3 is 2.64 bits per heavy atom. The summed E-state index contributed by atoms with van der Waals surface area (Å²) in [4.78, 5) is 0. The summed E-state index contributed by atoms with van der Waals surface area (Å²) in [6, 6.07) is 20.9. The van der Waals surface area contributed by atoms with Crippen molar-refractivity contribution >= 4 is 16.8 Å². The van der Waals surface area contributed by atoms with E-state index in [9.17, 15) is 0 Å². The minimum atomic E-state index is 0.641. The molecule has 0 aliphatic heterocycles. The minimum Gasteiger partial charge on any atom is -0.0985 e. The molecule has 0 bridgehead atoms. The van der Waals surface area contributed by atoms with Crippen LogP contribution in [0.1, 0.15) is 53.5 Å². The van der Waals surface area contributed by atoms with Crippen molar-refractivity contribution in [2.24, 2.45) is 0 Å². The molecule has 3 aromatic rings. The van der Waals surface area contributed by atoms with Crippen LogP contribution >= 0.6 is 0 Å². The third kappa shape index (κ3) is 3.26. The number of rotatable bonds is 4. The molecule has 126 valence electrons. The summed E-state index contributed by atoms with van der Waals surface area (Å²) in [6.45, 7) is 6.13. The standard InChI is InChI=1S/C25H26/c1-3-5-19-7-9-23-17-25(13-11-21(23)15-19)24-12-10-20-14-18(4-2)6-8-22(20)16-24/h4,6-9,11,13-15,17,24H,2-3,5,10,12,16H2,1H3. The maximum absolute atomic E-state index is 3.89. The van der Waals surface area contributed by atoms with Gasteiger partial charge in [-0.1, -0.05) is 80.6 Å². The van der Waals surface area contributed by atoms with E-state index in [1.54, 1.807) is 0 Å². The van der Waals surface area contributed by atoms with Gasteiger partial charge in [-0.25, -0.2) is 0 Å². The molecular weight excluding hydrogens is 300 g/mol. The van der Waals surface area contributed by atoms with Crippen LogP contribution < -0.4 is 0 Å². The monoisotopic (exact) mass is 326 g/mol. The molecule has 1 aliphatic rings. The van der Waals surface area contributed by atoms with Gasteiger partial charge < -0.3 is 0 Å². The van der Waals surface area contributed by atoms with Crippen molar-refractivity contribution < 1.29 is 0 Å². The summed E-state index contributed by atoms with van der Waals surface area (Å²) < 4.78 is 0. The van der Waals surface area contributed by atoms with Crippen LogP contribution in [0, 0.1) is 0 Å². The number of aryl methyl sites for hydroxylation is 2. The smallest absolute Gasteiger partial charge is 0.0118 e. The van der Waals surface area contributed by atoms with E-state index in [1.807, 2.05) is 6.08 Å². The molecule has 1 aliphatic carbocycles. The first-order valence-electron chi connectivity index (χ1n) is 9.53. The van der Waals surface area contributed by atoms with E-state index >= 15 is 0 Å². The normalized spacial score (nSPS) is 16.6. The molecule has 0 spiro atoms. The van der Waals surface area contributed by atoms with Gasteiger partial charge in [0.05, 0.1) is 0 Å². The predicted octanol–water partition coefficient (Wildman–Crippen LogP) is 6.71. The Morgan fingerprint density at radius 1 is 0.960 bits per heavy atom. The van der Waals surface area contributed by atoms with Crippen molar-refractivity contribution in [3.63, 3.8) is 0 Å². The maximum atomic E-state index is 3.89. The molecule has 0 N–H and O–H groups in total. The Bertz CT molecular complexity index is 916. The van der Waals surface area contributed by atoms with Gasteiger partial charge in [0.1, 0.15) is 0 Å². The summed E-state index contributed by atoms with van der Waals surface area (Å²) in [5.74, 6) is 0.641. The van der Waals surface area contributed by atoms with Crippen molar-refractivity contribution in [3.05, 3.63) is 89.0 Å². The van der Waals surface area contributed by atoms with Gasteiger partial charge in [-0.05, 0) is 70.2 Å². The van der Waals surface area contributed by atoms with E-state index in [-0.39, 0.29) is 0 Å². The van der Waals surface area contributed by atoms with Crippen molar-refractivity contribution in [1.29, 1.82) is 0 Å². The Morgan fingerprint density at radius 2 is 1.80 bits per heavy atom. The summed E-state index contributed by atoms with van der Waals surface area (Å²) in [7, 11) is 0. The summed E-state index contributed by atoms with van der Waals surface area (Å²) >= 11 is 0. The SMILES string of the molecule is C=Cc1ccc2c(c1)CCC(c1ccc3cc(CCC)ccc3c1)C2. The predicted molar refractivity (Wildman–Crippen MR) is 109 cm³/mol. The summed E-state index contributed by atoms with van der Waals surface area (Å²) in [6.07, 6.45) is 7.90. The zero-order chi connectivity index (χ0) is 17.2. The summed E-state index contributed by atoms with van der Waals surface area (Å²) in [5.41, 5.74) is 7.21. The molecule has 0 radical (unpaired) electrons. The Hall–Kier alpha value is -2.34. The average molecular weight is 326 g/mol. The van der Waals surface area contributed by atoms with E-state index in [0.29, 0.717) is 5.92 Å². The number of hydrogen-bond acceptors (Lipinski definition) is 0. The molecule has 0 nitrogen and oxygen atoms in total. The third-order valence-corrected chi connectivity index (χ3v) is 5.63. The Labute approximate surface area is 151 Å². The topological polar surface area (TPSA) is 0 Å². The molecule has 0 saturated carbocycles. The molecule has 0 saturated heterocycles. The molecule has 25 heavy (non-hydrogen) atoms. The third-order valence-electron chi connectivity index (χ3n) is 5.63. The molecule has 0 heterocycles. The van der Waals surface area contributed by atoms with Crippen LogP contribution in [0.2, 0.25) is 0 Å². The molecule has 0 amide bonds. The lowest BCUT2D eigenvalue weighted by atomic mass is 9.79. The molecule has 1 unspecified atom stereocenters. The number of hydrogen-bond donors (Lipinski definition) is 0. The van der Waals surface area contributed by atoms with E-state index < -0.39 is 0 Å². The molecule has 4 rings (SSSR count). The first-order chi connectivity index (χ1) is 12.3. The second-order valence-electron chi connectivity index (χ2n) is 7.36. The molecule has 0 aromatic heterocycles. The maximum Gasteiger partial charge on any atom is -0.0118 e. The number of fused-ring (bicyclic) bond motifs is 2. The Kier molecular flexibility index (Phi) is 4.44. The van der Waals surface area contributed by atoms with Crippen LogP contribution in [0.3, 0.4) is 0 Å². The van der Waals surface area contributed by atoms with Crippen LogP contribution in [0.15, 0.2) is 61.2 Å². The van der Waals surface area contributed by atoms with Gasteiger partial charge >= 0.3 is 0 Å². The summed E-state index contributed by atoms with van der Waals surface area (Å²) in [5, 5.41) is 2.76. The van der Waals surface area contributed by atoms with Gasteiger partial charge in [-0.3, -0.25) is 0 Å². The van der Waals surface area contributed by atoms with E-state index in [2.05, 4.69) is 68.1 Å². The lowest BCUT2D eigenvalue weighted by molar-refractivity contribution is 0.585. The van der Waals surface area contributed by atoms with E-state index in [0.717, 1.165) is 6.42 Å². The average Bonchev–Trinajstić information content (AvgIpc) is 2.67. The van der Waals surface area contributed by atoms with Gasteiger partial charge in [0.25, 0.3) is 0 Å². The van der Waals surface area contributed by atoms with Crippen LogP contribution in [-0.2, 0) is 19.3 Å². The van der Waals surface area contributed by atoms with Gasteiger partial charge in [0.15, 0.2) is 0 Å². The van der Waals surface area contributed by atoms with Gasteiger partial charge in [0.2, 0.25) is 0 Å². The van der Waals surface area contributed by atoms with Crippen molar-refractivity contribution in [1.82, 2.24) is 0 Å². The second-order valence-corrected chi connectivity index (χ2v) is 7.36. The zero-order valence-corrected chi connectivity index (χ0v) is 15.1. The van der Waals surface area contributed by atoms with Gasteiger partial charge in [0, 0.05) is 0 Å². The molecule has 3 aromatic carbocycles. The zero-order valence-electron chi connectivity index (χ0n) is 15.1. The lowest BCUT2D eigenvalue weighted by Gasteiger charge is -2.25. The van der Waals surface area contributed by atoms with Gasteiger partial charge in [-0.2, -0.15) is 0 Å². The quantitative estimate of drug-likeness (QED) is 0.500. The van der Waals surface area contributed by atoms with Crippen LogP contribution in [-0.4, -0.2) is 0 Å². The highest BCUT2D eigenvalue weighted by Crippen LogP contribution is 2.34. The Balaban J connectivity index is 1.61. The first-order valence-corrected chi connectivity index (χ1v) is 9.53. The highest BCUT2D eigenvalue weighted by Gasteiger charge is 2.20. The fraction of sp³-hybridized carbons (Fsp3) is 0.280. The minimum absolute atomic E-state index is 0.641. The van der Waals surface area contributed by atoms with Crippen molar-refractivity contribution in [2.75, 3.05) is 0 Å². The number of benzene rings is 3. The second kappa shape index (κ2) is 6.88.